The summed E-state index contributed by atoms with van der Waals surface area (Å²) in [7, 11) is -3.21. The Bertz CT molecular complexity index is 552. The van der Waals surface area contributed by atoms with Crippen molar-refractivity contribution >= 4 is 21.8 Å². The monoisotopic (exact) mass is 343 g/mol. The number of hydrogen-bond donors (Lipinski definition) is 1. The van der Waals surface area contributed by atoms with E-state index in [1.807, 2.05) is 32.0 Å². The van der Waals surface area contributed by atoms with E-state index in [1.54, 1.807) is 11.8 Å². The minimum Gasteiger partial charge on any atom is -0.381 e. The van der Waals surface area contributed by atoms with E-state index in [0.717, 1.165) is 12.8 Å². The molecule has 1 fully saturated rings. The van der Waals surface area contributed by atoms with E-state index in [1.165, 1.54) is 4.90 Å². The van der Waals surface area contributed by atoms with Crippen molar-refractivity contribution in [2.45, 2.75) is 36.3 Å². The number of thioether (sulfide) groups is 1. The molecular formula is C16H25NO3S2. The lowest BCUT2D eigenvalue weighted by atomic mass is 9.99. The summed E-state index contributed by atoms with van der Waals surface area (Å²) in [6.45, 7) is 5.67. The number of sulfonamides is 1. The van der Waals surface area contributed by atoms with Gasteiger partial charge in [-0.3, -0.25) is 0 Å². The van der Waals surface area contributed by atoms with E-state index in [-0.39, 0.29) is 16.4 Å². The molecule has 124 valence electrons. The second kappa shape index (κ2) is 7.81. The second-order valence-electron chi connectivity index (χ2n) is 6.21. The van der Waals surface area contributed by atoms with E-state index in [0.29, 0.717) is 19.8 Å². The van der Waals surface area contributed by atoms with Crippen molar-refractivity contribution in [2.24, 2.45) is 5.92 Å². The molecular weight excluding hydrogens is 318 g/mol. The minimum absolute atomic E-state index is 0.121. The van der Waals surface area contributed by atoms with Crippen LogP contribution in [0.15, 0.2) is 35.2 Å². The lowest BCUT2D eigenvalue weighted by Crippen LogP contribution is -2.45. The summed E-state index contributed by atoms with van der Waals surface area (Å²) in [6, 6.07) is 10.2. The van der Waals surface area contributed by atoms with E-state index in [9.17, 15) is 8.42 Å². The van der Waals surface area contributed by atoms with Crippen LogP contribution in [0.2, 0.25) is 0 Å². The van der Waals surface area contributed by atoms with E-state index >= 15 is 0 Å². The average Bonchev–Trinajstić information content (AvgIpc) is 2.46. The van der Waals surface area contributed by atoms with Crippen molar-refractivity contribution in [2.75, 3.05) is 25.5 Å². The Morgan fingerprint density at radius 2 is 1.86 bits per heavy atom. The maximum absolute atomic E-state index is 12.1. The molecule has 1 aromatic carbocycles. The summed E-state index contributed by atoms with van der Waals surface area (Å²) < 4.78 is 32.4. The fourth-order valence-corrected chi connectivity index (χ4v) is 5.43. The second-order valence-corrected chi connectivity index (χ2v) is 9.60. The molecule has 22 heavy (non-hydrogen) atoms. The molecule has 0 aromatic heterocycles. The highest BCUT2D eigenvalue weighted by Gasteiger charge is 2.35. The van der Waals surface area contributed by atoms with Gasteiger partial charge in [-0.1, -0.05) is 32.0 Å². The van der Waals surface area contributed by atoms with Gasteiger partial charge in [-0.05, 0) is 30.9 Å². The standard InChI is InChI=1S/C16H25NO3S2/c1-14(2)12-22(18,19)17-13-16(8-10-20-11-9-16)21-15-6-4-3-5-7-15/h3-7,14,17H,8-13H2,1-2H3. The highest BCUT2D eigenvalue weighted by Crippen LogP contribution is 2.40. The van der Waals surface area contributed by atoms with Crippen molar-refractivity contribution in [1.82, 2.24) is 4.72 Å². The Labute approximate surface area is 138 Å². The van der Waals surface area contributed by atoms with Crippen LogP contribution >= 0.6 is 11.8 Å². The molecule has 0 unspecified atom stereocenters. The molecule has 2 rings (SSSR count). The molecule has 1 N–H and O–H groups in total. The lowest BCUT2D eigenvalue weighted by Gasteiger charge is -2.36. The summed E-state index contributed by atoms with van der Waals surface area (Å²) in [4.78, 5) is 1.17. The third-order valence-electron chi connectivity index (χ3n) is 3.65. The topological polar surface area (TPSA) is 55.4 Å². The van der Waals surface area contributed by atoms with Crippen molar-refractivity contribution in [3.63, 3.8) is 0 Å². The smallest absolute Gasteiger partial charge is 0.211 e. The largest absolute Gasteiger partial charge is 0.381 e. The summed E-state index contributed by atoms with van der Waals surface area (Å²) in [6.07, 6.45) is 1.72. The van der Waals surface area contributed by atoms with Crippen LogP contribution in [-0.4, -0.2) is 38.7 Å². The fraction of sp³-hybridized carbons (Fsp3) is 0.625. The number of nitrogens with one attached hydrogen (secondary N) is 1. The molecule has 0 atom stereocenters. The minimum atomic E-state index is -3.21. The first-order valence-corrected chi connectivity index (χ1v) is 10.2. The molecule has 0 aliphatic carbocycles. The van der Waals surface area contributed by atoms with E-state index < -0.39 is 10.0 Å². The predicted octanol–water partition coefficient (Wildman–Crippen LogP) is 2.90. The molecule has 0 bridgehead atoms. The number of ether oxygens (including phenoxy) is 1. The first kappa shape index (κ1) is 17.8. The van der Waals surface area contributed by atoms with Crippen LogP contribution in [0.1, 0.15) is 26.7 Å². The summed E-state index contributed by atoms with van der Waals surface area (Å²) in [5.41, 5.74) is 0. The normalized spacial score (nSPS) is 18.5. The third kappa shape index (κ3) is 5.57. The van der Waals surface area contributed by atoms with Crippen LogP contribution in [0.25, 0.3) is 0 Å². The van der Waals surface area contributed by atoms with Crippen LogP contribution < -0.4 is 4.72 Å². The van der Waals surface area contributed by atoms with Gasteiger partial charge in [0.15, 0.2) is 0 Å². The molecule has 1 aromatic rings. The van der Waals surface area contributed by atoms with Crippen molar-refractivity contribution in [3.05, 3.63) is 30.3 Å². The Balaban J connectivity index is 2.06. The molecule has 1 saturated heterocycles. The molecule has 4 nitrogen and oxygen atoms in total. The Morgan fingerprint density at radius 3 is 2.45 bits per heavy atom. The van der Waals surface area contributed by atoms with Crippen LogP contribution in [0.4, 0.5) is 0 Å². The zero-order chi connectivity index (χ0) is 16.1. The molecule has 0 radical (unpaired) electrons. The van der Waals surface area contributed by atoms with Crippen LogP contribution in [0.5, 0.6) is 0 Å². The highest BCUT2D eigenvalue weighted by molar-refractivity contribution is 8.00. The Kier molecular flexibility index (Phi) is 6.32. The summed E-state index contributed by atoms with van der Waals surface area (Å²) in [5.74, 6) is 0.306. The van der Waals surface area contributed by atoms with Gasteiger partial charge < -0.3 is 4.74 Å². The average molecular weight is 344 g/mol. The molecule has 1 aliphatic rings. The highest BCUT2D eigenvalue weighted by atomic mass is 32.2. The maximum atomic E-state index is 12.1. The molecule has 0 amide bonds. The van der Waals surface area contributed by atoms with Crippen LogP contribution in [0.3, 0.4) is 0 Å². The SMILES string of the molecule is CC(C)CS(=O)(=O)NCC1(Sc2ccccc2)CCOCC1. The first-order valence-electron chi connectivity index (χ1n) is 7.70. The van der Waals surface area contributed by atoms with E-state index in [2.05, 4.69) is 16.9 Å². The molecule has 1 aliphatic heterocycles. The number of benzene rings is 1. The lowest BCUT2D eigenvalue weighted by molar-refractivity contribution is 0.0784. The van der Waals surface area contributed by atoms with Gasteiger partial charge in [-0.2, -0.15) is 0 Å². The van der Waals surface area contributed by atoms with Gasteiger partial charge >= 0.3 is 0 Å². The molecule has 1 heterocycles. The number of hydrogen-bond acceptors (Lipinski definition) is 4. The van der Waals surface area contributed by atoms with Gasteiger partial charge in [0.25, 0.3) is 0 Å². The van der Waals surface area contributed by atoms with Gasteiger partial charge in [-0.25, -0.2) is 13.1 Å². The van der Waals surface area contributed by atoms with E-state index in [4.69, 9.17) is 4.74 Å². The van der Waals surface area contributed by atoms with Crippen molar-refractivity contribution in [3.8, 4) is 0 Å². The molecule has 0 saturated carbocycles. The van der Waals surface area contributed by atoms with Crippen molar-refractivity contribution < 1.29 is 13.2 Å². The fourth-order valence-electron chi connectivity index (χ4n) is 2.54. The predicted molar refractivity (Wildman–Crippen MR) is 91.7 cm³/mol. The molecule has 6 heteroatoms. The van der Waals surface area contributed by atoms with Gasteiger partial charge in [-0.15, -0.1) is 11.8 Å². The van der Waals surface area contributed by atoms with Gasteiger partial charge in [0.05, 0.1) is 5.75 Å². The maximum Gasteiger partial charge on any atom is 0.211 e. The Hall–Kier alpha value is -0.560. The summed E-state index contributed by atoms with van der Waals surface area (Å²) >= 11 is 1.76. The van der Waals surface area contributed by atoms with Crippen LogP contribution in [-0.2, 0) is 14.8 Å². The Morgan fingerprint density at radius 1 is 1.23 bits per heavy atom. The van der Waals surface area contributed by atoms with Crippen LogP contribution in [0, 0.1) is 5.92 Å². The quantitative estimate of drug-likeness (QED) is 0.827. The molecule has 0 spiro atoms. The van der Waals surface area contributed by atoms with Crippen molar-refractivity contribution in [1.29, 1.82) is 0 Å². The summed E-state index contributed by atoms with van der Waals surface area (Å²) in [5, 5.41) is 0. The zero-order valence-corrected chi connectivity index (χ0v) is 14.9. The van der Waals surface area contributed by atoms with Gasteiger partial charge in [0, 0.05) is 29.4 Å². The third-order valence-corrected chi connectivity index (χ3v) is 6.83. The number of rotatable bonds is 7. The van der Waals surface area contributed by atoms with Gasteiger partial charge in [0.1, 0.15) is 0 Å². The van der Waals surface area contributed by atoms with Gasteiger partial charge in [0.2, 0.25) is 10.0 Å². The zero-order valence-electron chi connectivity index (χ0n) is 13.2. The first-order chi connectivity index (χ1) is 10.4.